The number of piperidine rings is 1. The second-order valence-corrected chi connectivity index (χ2v) is 7.19. The quantitative estimate of drug-likeness (QED) is 0.884. The molecule has 1 aliphatic rings. The number of benzene rings is 1. The SMILES string of the molecule is CC(C)NC(=O)C1CCCN(Cc2nc(-c3ccc(Cl)cc3)no2)C1. The van der Waals surface area contributed by atoms with Crippen molar-refractivity contribution in [2.75, 3.05) is 13.1 Å². The van der Waals surface area contributed by atoms with Gasteiger partial charge < -0.3 is 9.84 Å². The van der Waals surface area contributed by atoms with Gasteiger partial charge in [0.1, 0.15) is 0 Å². The molecule has 25 heavy (non-hydrogen) atoms. The van der Waals surface area contributed by atoms with Gasteiger partial charge in [-0.05, 0) is 57.5 Å². The molecule has 0 bridgehead atoms. The zero-order valence-electron chi connectivity index (χ0n) is 14.5. The highest BCUT2D eigenvalue weighted by molar-refractivity contribution is 6.30. The maximum atomic E-state index is 12.2. The molecule has 1 aromatic heterocycles. The maximum Gasteiger partial charge on any atom is 0.241 e. The van der Waals surface area contributed by atoms with E-state index < -0.39 is 0 Å². The molecule has 2 heterocycles. The lowest BCUT2D eigenvalue weighted by atomic mass is 9.97. The average Bonchev–Trinajstić information content (AvgIpc) is 3.03. The Morgan fingerprint density at radius 3 is 2.88 bits per heavy atom. The van der Waals surface area contributed by atoms with Gasteiger partial charge in [0.25, 0.3) is 0 Å². The number of hydrogen-bond acceptors (Lipinski definition) is 5. The third-order valence-corrected chi connectivity index (χ3v) is 4.49. The van der Waals surface area contributed by atoms with Gasteiger partial charge in [0, 0.05) is 23.2 Å². The predicted octanol–water partition coefficient (Wildman–Crippen LogP) is 3.13. The second kappa shape index (κ2) is 7.97. The lowest BCUT2D eigenvalue weighted by Gasteiger charge is -2.31. The van der Waals surface area contributed by atoms with Crippen LogP contribution in [0, 0.1) is 5.92 Å². The number of carbonyl (C=O) groups excluding carboxylic acids is 1. The van der Waals surface area contributed by atoms with Gasteiger partial charge in [-0.3, -0.25) is 9.69 Å². The highest BCUT2D eigenvalue weighted by atomic mass is 35.5. The number of nitrogens with zero attached hydrogens (tertiary/aromatic N) is 3. The largest absolute Gasteiger partial charge is 0.354 e. The Morgan fingerprint density at radius 1 is 1.40 bits per heavy atom. The molecule has 7 heteroatoms. The summed E-state index contributed by atoms with van der Waals surface area (Å²) in [6.45, 7) is 6.18. The van der Waals surface area contributed by atoms with Crippen LogP contribution in [0.4, 0.5) is 0 Å². The topological polar surface area (TPSA) is 71.3 Å². The molecule has 0 radical (unpaired) electrons. The molecule has 3 rings (SSSR count). The van der Waals surface area contributed by atoms with Gasteiger partial charge in [-0.25, -0.2) is 0 Å². The number of amides is 1. The van der Waals surface area contributed by atoms with Crippen LogP contribution in [0.2, 0.25) is 5.02 Å². The third-order valence-electron chi connectivity index (χ3n) is 4.24. The highest BCUT2D eigenvalue weighted by Gasteiger charge is 2.27. The summed E-state index contributed by atoms with van der Waals surface area (Å²) in [7, 11) is 0. The molecule has 1 fully saturated rings. The normalized spacial score (nSPS) is 18.5. The molecule has 134 valence electrons. The molecule has 6 nitrogen and oxygen atoms in total. The lowest BCUT2D eigenvalue weighted by Crippen LogP contribution is -2.44. The van der Waals surface area contributed by atoms with Gasteiger partial charge in [0.15, 0.2) is 0 Å². The van der Waals surface area contributed by atoms with Crippen molar-refractivity contribution < 1.29 is 9.32 Å². The molecule has 1 aliphatic heterocycles. The van der Waals surface area contributed by atoms with E-state index in [1.54, 1.807) is 12.1 Å². The van der Waals surface area contributed by atoms with Crippen molar-refractivity contribution in [3.63, 3.8) is 0 Å². The van der Waals surface area contributed by atoms with Crippen LogP contribution < -0.4 is 5.32 Å². The molecule has 2 aromatic rings. The fourth-order valence-electron chi connectivity index (χ4n) is 3.04. The van der Waals surface area contributed by atoms with Crippen molar-refractivity contribution in [1.29, 1.82) is 0 Å². The van der Waals surface area contributed by atoms with Crippen molar-refractivity contribution in [3.05, 3.63) is 35.2 Å². The fourth-order valence-corrected chi connectivity index (χ4v) is 3.17. The van der Waals surface area contributed by atoms with Crippen LogP contribution in [0.5, 0.6) is 0 Å². The highest BCUT2D eigenvalue weighted by Crippen LogP contribution is 2.21. The Labute approximate surface area is 152 Å². The summed E-state index contributed by atoms with van der Waals surface area (Å²) in [6, 6.07) is 7.50. The Bertz CT molecular complexity index is 714. The van der Waals surface area contributed by atoms with E-state index in [9.17, 15) is 4.79 Å². The average molecular weight is 363 g/mol. The monoisotopic (exact) mass is 362 g/mol. The zero-order chi connectivity index (χ0) is 17.8. The molecule has 1 unspecified atom stereocenters. The summed E-state index contributed by atoms with van der Waals surface area (Å²) in [5.41, 5.74) is 0.868. The molecule has 0 aliphatic carbocycles. The number of halogens is 1. The standard InChI is InChI=1S/C18H23ClN4O2/c1-12(2)20-18(24)14-4-3-9-23(10-14)11-16-21-17(22-25-16)13-5-7-15(19)8-6-13/h5-8,12,14H,3-4,9-11H2,1-2H3,(H,20,24). The first-order chi connectivity index (χ1) is 12.0. The van der Waals surface area contributed by atoms with Crippen molar-refractivity contribution >= 4 is 17.5 Å². The van der Waals surface area contributed by atoms with E-state index in [-0.39, 0.29) is 17.9 Å². The van der Waals surface area contributed by atoms with E-state index in [0.29, 0.717) is 23.3 Å². The van der Waals surface area contributed by atoms with Crippen molar-refractivity contribution in [2.24, 2.45) is 5.92 Å². The smallest absolute Gasteiger partial charge is 0.241 e. The minimum Gasteiger partial charge on any atom is -0.354 e. The number of rotatable bonds is 5. The summed E-state index contributed by atoms with van der Waals surface area (Å²) in [5, 5.41) is 7.71. The third kappa shape index (κ3) is 4.80. The second-order valence-electron chi connectivity index (χ2n) is 6.76. The first kappa shape index (κ1) is 17.9. The summed E-state index contributed by atoms with van der Waals surface area (Å²) in [4.78, 5) is 18.9. The van der Waals surface area contributed by atoms with E-state index in [2.05, 4.69) is 20.4 Å². The minimum absolute atomic E-state index is 0.0230. The molecule has 0 saturated carbocycles. The van der Waals surface area contributed by atoms with E-state index in [1.165, 1.54) is 0 Å². The van der Waals surface area contributed by atoms with Crippen LogP contribution in [-0.2, 0) is 11.3 Å². The van der Waals surface area contributed by atoms with Crippen LogP contribution in [0.15, 0.2) is 28.8 Å². The Balaban J connectivity index is 1.60. The number of likely N-dealkylation sites (tertiary alicyclic amines) is 1. The van der Waals surface area contributed by atoms with Crippen molar-refractivity contribution in [3.8, 4) is 11.4 Å². The summed E-state index contributed by atoms with van der Waals surface area (Å²) in [5.74, 6) is 1.27. The van der Waals surface area contributed by atoms with E-state index >= 15 is 0 Å². The number of aromatic nitrogens is 2. The van der Waals surface area contributed by atoms with E-state index in [4.69, 9.17) is 16.1 Å². The first-order valence-corrected chi connectivity index (χ1v) is 9.00. The molecule has 1 N–H and O–H groups in total. The van der Waals surface area contributed by atoms with Gasteiger partial charge >= 0.3 is 0 Å². The minimum atomic E-state index is 0.0230. The van der Waals surface area contributed by atoms with Gasteiger partial charge in [0.2, 0.25) is 17.6 Å². The molecule has 1 aromatic carbocycles. The van der Waals surface area contributed by atoms with Gasteiger partial charge in [0.05, 0.1) is 12.5 Å². The first-order valence-electron chi connectivity index (χ1n) is 8.62. The maximum absolute atomic E-state index is 12.2. The number of nitrogens with one attached hydrogen (secondary N) is 1. The van der Waals surface area contributed by atoms with Crippen molar-refractivity contribution in [1.82, 2.24) is 20.4 Å². The number of carbonyl (C=O) groups is 1. The lowest BCUT2D eigenvalue weighted by molar-refractivity contribution is -0.127. The Morgan fingerprint density at radius 2 is 2.16 bits per heavy atom. The molecule has 1 atom stereocenters. The number of hydrogen-bond donors (Lipinski definition) is 1. The molecule has 1 saturated heterocycles. The summed E-state index contributed by atoms with van der Waals surface area (Å²) in [6.07, 6.45) is 1.92. The predicted molar refractivity (Wildman–Crippen MR) is 96.0 cm³/mol. The van der Waals surface area contributed by atoms with Gasteiger partial charge in [-0.15, -0.1) is 0 Å². The van der Waals surface area contributed by atoms with Crippen molar-refractivity contribution in [2.45, 2.75) is 39.3 Å². The molecule has 1 amide bonds. The van der Waals surface area contributed by atoms with E-state index in [1.807, 2.05) is 26.0 Å². The molecular weight excluding hydrogens is 340 g/mol. The van der Waals surface area contributed by atoms with Crippen LogP contribution in [-0.4, -0.2) is 40.1 Å². The van der Waals surface area contributed by atoms with E-state index in [0.717, 1.165) is 31.5 Å². The van der Waals surface area contributed by atoms with Crippen LogP contribution >= 0.6 is 11.6 Å². The molecule has 0 spiro atoms. The molecular formula is C18H23ClN4O2. The Kier molecular flexibility index (Phi) is 5.71. The van der Waals surface area contributed by atoms with Gasteiger partial charge in [-0.2, -0.15) is 4.98 Å². The van der Waals surface area contributed by atoms with Crippen LogP contribution in [0.1, 0.15) is 32.6 Å². The zero-order valence-corrected chi connectivity index (χ0v) is 15.3. The fraction of sp³-hybridized carbons (Fsp3) is 0.500. The van der Waals surface area contributed by atoms with Gasteiger partial charge in [-0.1, -0.05) is 16.8 Å². The summed E-state index contributed by atoms with van der Waals surface area (Å²) < 4.78 is 5.38. The van der Waals surface area contributed by atoms with Crippen LogP contribution in [0.25, 0.3) is 11.4 Å². The Hall–Kier alpha value is -1.92. The summed E-state index contributed by atoms with van der Waals surface area (Å²) >= 11 is 5.90. The van der Waals surface area contributed by atoms with Crippen LogP contribution in [0.3, 0.4) is 0 Å².